The predicted molar refractivity (Wildman–Crippen MR) is 160 cm³/mol. The maximum Gasteiger partial charge on any atom is 0.270 e. The Labute approximate surface area is 239 Å². The van der Waals surface area contributed by atoms with Crippen LogP contribution in [0.4, 0.5) is 17.1 Å². The number of benzene rings is 3. The summed E-state index contributed by atoms with van der Waals surface area (Å²) in [4.78, 5) is 29.8. The van der Waals surface area contributed by atoms with E-state index in [1.54, 1.807) is 60.7 Å². The first kappa shape index (κ1) is 29.1. The summed E-state index contributed by atoms with van der Waals surface area (Å²) in [6, 6.07) is 18.9. The minimum absolute atomic E-state index is 0.116. The van der Waals surface area contributed by atoms with Crippen LogP contribution in [0.2, 0.25) is 5.02 Å². The van der Waals surface area contributed by atoms with Crippen molar-refractivity contribution < 1.29 is 18.0 Å². The zero-order chi connectivity index (χ0) is 28.9. The fourth-order valence-corrected chi connectivity index (χ4v) is 5.44. The zero-order valence-corrected chi connectivity index (χ0v) is 23.9. The van der Waals surface area contributed by atoms with Crippen molar-refractivity contribution in [3.05, 3.63) is 88.4 Å². The van der Waals surface area contributed by atoms with Crippen LogP contribution in [0, 0.1) is 0 Å². The molecule has 0 saturated heterocycles. The first-order chi connectivity index (χ1) is 19.1. The standard InChI is InChI=1S/C29H32ClN5O4S/c1-32-29(37)27(34-22-13-11-21(30)12-14-22)24-17-23(19-9-10-19)26(18-25(24)31)35(40(2,38)39)16-6-15-33-28(36)20-7-4-3-5-8-20/h3-5,7-8,11-14,17-19H,6,9-10,15-16,31H2,1-2H3,(H,32,37)(H,33,36). The minimum Gasteiger partial charge on any atom is -0.398 e. The van der Waals surface area contributed by atoms with Crippen molar-refractivity contribution in [3.8, 4) is 0 Å². The third-order valence-electron chi connectivity index (χ3n) is 6.51. The summed E-state index contributed by atoms with van der Waals surface area (Å²) in [6.45, 7) is 0.439. The zero-order valence-electron chi connectivity index (χ0n) is 22.4. The van der Waals surface area contributed by atoms with Gasteiger partial charge in [0, 0.05) is 42.0 Å². The molecular formula is C29H32ClN5O4S. The number of amides is 2. The summed E-state index contributed by atoms with van der Waals surface area (Å²) in [6.07, 6.45) is 3.32. The second-order valence-electron chi connectivity index (χ2n) is 9.60. The maximum atomic E-state index is 12.9. The number of halogens is 1. The fraction of sp³-hybridized carbons (Fsp3) is 0.276. The van der Waals surface area contributed by atoms with Crippen LogP contribution in [0.25, 0.3) is 0 Å². The molecule has 1 fully saturated rings. The van der Waals surface area contributed by atoms with Crippen LogP contribution < -0.4 is 20.7 Å². The summed E-state index contributed by atoms with van der Waals surface area (Å²) in [7, 11) is -2.17. The van der Waals surface area contributed by atoms with Crippen molar-refractivity contribution in [2.24, 2.45) is 4.99 Å². The van der Waals surface area contributed by atoms with E-state index in [4.69, 9.17) is 17.3 Å². The van der Waals surface area contributed by atoms with Gasteiger partial charge in [0.1, 0.15) is 5.71 Å². The summed E-state index contributed by atoms with van der Waals surface area (Å²) in [5.41, 5.74) is 9.54. The second kappa shape index (κ2) is 12.5. The Morgan fingerprint density at radius 3 is 2.35 bits per heavy atom. The third-order valence-corrected chi connectivity index (χ3v) is 7.94. The molecule has 9 nitrogen and oxygen atoms in total. The molecule has 1 saturated carbocycles. The quantitative estimate of drug-likeness (QED) is 0.177. The Bertz CT molecular complexity index is 1520. The van der Waals surface area contributed by atoms with Crippen LogP contribution in [0.1, 0.15) is 46.7 Å². The van der Waals surface area contributed by atoms with Crippen molar-refractivity contribution in [2.75, 3.05) is 36.4 Å². The number of rotatable bonds is 11. The van der Waals surface area contributed by atoms with Gasteiger partial charge in [-0.15, -0.1) is 0 Å². The normalized spacial score (nSPS) is 13.5. The molecule has 0 aromatic heterocycles. The van der Waals surface area contributed by atoms with Gasteiger partial charge in [0.15, 0.2) is 0 Å². The third kappa shape index (κ3) is 7.19. The number of nitrogens with one attached hydrogen (secondary N) is 2. The molecule has 11 heteroatoms. The van der Waals surface area contributed by atoms with Crippen molar-refractivity contribution in [1.29, 1.82) is 0 Å². The monoisotopic (exact) mass is 581 g/mol. The molecule has 2 amide bonds. The molecule has 40 heavy (non-hydrogen) atoms. The summed E-state index contributed by atoms with van der Waals surface area (Å²) in [5, 5.41) is 5.99. The molecule has 0 unspecified atom stereocenters. The van der Waals surface area contributed by atoms with Gasteiger partial charge < -0.3 is 16.4 Å². The number of hydrogen-bond acceptors (Lipinski definition) is 6. The average Bonchev–Trinajstić information content (AvgIpc) is 3.77. The number of likely N-dealkylation sites (N-methyl/N-ethyl adjacent to an activating group) is 1. The van der Waals surface area contributed by atoms with E-state index in [9.17, 15) is 18.0 Å². The van der Waals surface area contributed by atoms with Gasteiger partial charge in [-0.05, 0) is 79.3 Å². The van der Waals surface area contributed by atoms with Crippen LogP contribution >= 0.6 is 11.6 Å². The molecule has 0 radical (unpaired) electrons. The molecule has 3 aromatic carbocycles. The minimum atomic E-state index is -3.68. The van der Waals surface area contributed by atoms with E-state index in [0.717, 1.165) is 24.7 Å². The molecule has 0 bridgehead atoms. The number of carbonyl (C=O) groups excluding carboxylic acids is 2. The number of aliphatic imine (C=N–C) groups is 1. The van der Waals surface area contributed by atoms with Gasteiger partial charge in [-0.25, -0.2) is 13.4 Å². The Balaban J connectivity index is 1.64. The van der Waals surface area contributed by atoms with Gasteiger partial charge in [0.05, 0.1) is 17.6 Å². The summed E-state index contributed by atoms with van der Waals surface area (Å²) >= 11 is 5.99. The molecule has 0 atom stereocenters. The Kier molecular flexibility index (Phi) is 9.11. The number of sulfonamides is 1. The fourth-order valence-electron chi connectivity index (χ4n) is 4.34. The van der Waals surface area contributed by atoms with Gasteiger partial charge in [-0.2, -0.15) is 0 Å². The molecule has 0 spiro atoms. The highest BCUT2D eigenvalue weighted by molar-refractivity contribution is 7.92. The summed E-state index contributed by atoms with van der Waals surface area (Å²) in [5.74, 6) is -0.511. The van der Waals surface area contributed by atoms with Crippen molar-refractivity contribution in [2.45, 2.75) is 25.2 Å². The lowest BCUT2D eigenvalue weighted by Gasteiger charge is -2.26. The lowest BCUT2D eigenvalue weighted by Crippen LogP contribution is -2.35. The van der Waals surface area contributed by atoms with Crippen LogP contribution in [0.15, 0.2) is 71.7 Å². The molecule has 3 aromatic rings. The number of nitrogens with two attached hydrogens (primary N) is 1. The highest BCUT2D eigenvalue weighted by Gasteiger charge is 2.32. The molecule has 4 rings (SSSR count). The highest BCUT2D eigenvalue weighted by Crippen LogP contribution is 2.46. The lowest BCUT2D eigenvalue weighted by atomic mass is 9.98. The number of hydrogen-bond donors (Lipinski definition) is 3. The largest absolute Gasteiger partial charge is 0.398 e. The highest BCUT2D eigenvalue weighted by atomic mass is 35.5. The molecular weight excluding hydrogens is 550 g/mol. The van der Waals surface area contributed by atoms with Crippen LogP contribution in [-0.2, 0) is 14.8 Å². The van der Waals surface area contributed by atoms with Gasteiger partial charge >= 0.3 is 0 Å². The van der Waals surface area contributed by atoms with Crippen molar-refractivity contribution in [3.63, 3.8) is 0 Å². The summed E-state index contributed by atoms with van der Waals surface area (Å²) < 4.78 is 27.2. The van der Waals surface area contributed by atoms with E-state index < -0.39 is 15.9 Å². The number of nitrogen functional groups attached to an aromatic ring is 1. The second-order valence-corrected chi connectivity index (χ2v) is 11.9. The van der Waals surface area contributed by atoms with Crippen LogP contribution in [0.5, 0.6) is 0 Å². The number of nitrogens with zero attached hydrogens (tertiary/aromatic N) is 2. The lowest BCUT2D eigenvalue weighted by molar-refractivity contribution is -0.114. The average molecular weight is 582 g/mol. The number of anilines is 2. The van der Waals surface area contributed by atoms with E-state index in [-0.39, 0.29) is 29.8 Å². The Morgan fingerprint density at radius 1 is 1.07 bits per heavy atom. The van der Waals surface area contributed by atoms with Gasteiger partial charge in [0.25, 0.3) is 11.8 Å². The molecule has 0 aliphatic heterocycles. The SMILES string of the molecule is CNC(=O)C(=Nc1ccc(Cl)cc1)c1cc(C2CC2)c(N(CCCNC(=O)c2ccccc2)S(C)(=O)=O)cc1N. The first-order valence-electron chi connectivity index (χ1n) is 12.9. The van der Waals surface area contributed by atoms with Crippen LogP contribution in [-0.4, -0.2) is 52.3 Å². The topological polar surface area (TPSA) is 134 Å². The Hall–Kier alpha value is -3.89. The van der Waals surface area contributed by atoms with E-state index >= 15 is 0 Å². The van der Waals surface area contributed by atoms with E-state index in [0.29, 0.717) is 40.5 Å². The molecule has 1 aliphatic carbocycles. The maximum absolute atomic E-state index is 12.9. The first-order valence-corrected chi connectivity index (χ1v) is 15.1. The van der Waals surface area contributed by atoms with Gasteiger partial charge in [-0.1, -0.05) is 29.8 Å². The van der Waals surface area contributed by atoms with E-state index in [1.165, 1.54) is 11.4 Å². The van der Waals surface area contributed by atoms with Crippen molar-refractivity contribution >= 4 is 56.2 Å². The smallest absolute Gasteiger partial charge is 0.270 e. The molecule has 0 heterocycles. The number of carbonyl (C=O) groups is 2. The van der Waals surface area contributed by atoms with Gasteiger partial charge in [0.2, 0.25) is 10.0 Å². The molecule has 1 aliphatic rings. The molecule has 4 N–H and O–H groups in total. The van der Waals surface area contributed by atoms with E-state index in [1.807, 2.05) is 6.07 Å². The van der Waals surface area contributed by atoms with E-state index in [2.05, 4.69) is 15.6 Å². The Morgan fingerprint density at radius 2 is 1.75 bits per heavy atom. The predicted octanol–water partition coefficient (Wildman–Crippen LogP) is 4.25. The van der Waals surface area contributed by atoms with Gasteiger partial charge in [-0.3, -0.25) is 13.9 Å². The van der Waals surface area contributed by atoms with Crippen LogP contribution in [0.3, 0.4) is 0 Å². The molecule has 210 valence electrons. The van der Waals surface area contributed by atoms with Crippen molar-refractivity contribution in [1.82, 2.24) is 10.6 Å².